The zero-order valence-corrected chi connectivity index (χ0v) is 21.0. The first-order valence-electron chi connectivity index (χ1n) is 12.1. The number of carboxylic acid groups (broad SMARTS) is 1. The van der Waals surface area contributed by atoms with E-state index in [-0.39, 0.29) is 30.3 Å². The van der Waals surface area contributed by atoms with E-state index in [9.17, 15) is 14.4 Å². The van der Waals surface area contributed by atoms with E-state index in [1.807, 2.05) is 38.1 Å². The summed E-state index contributed by atoms with van der Waals surface area (Å²) in [6, 6.07) is 16.4. The molecule has 35 heavy (non-hydrogen) atoms. The largest absolute Gasteiger partial charge is 0.481 e. The van der Waals surface area contributed by atoms with Crippen molar-refractivity contribution in [3.05, 3.63) is 59.7 Å². The maximum Gasteiger partial charge on any atom is 0.407 e. The van der Waals surface area contributed by atoms with Crippen molar-refractivity contribution >= 4 is 18.0 Å². The third-order valence-corrected chi connectivity index (χ3v) is 6.51. The lowest BCUT2D eigenvalue weighted by Crippen LogP contribution is -2.45. The predicted octanol–water partition coefficient (Wildman–Crippen LogP) is 5.09. The Hall–Kier alpha value is -3.35. The van der Waals surface area contributed by atoms with Gasteiger partial charge in [-0.15, -0.1) is 0 Å². The molecule has 0 spiro atoms. The topological polar surface area (TPSA) is 105 Å². The van der Waals surface area contributed by atoms with Gasteiger partial charge in [0.2, 0.25) is 5.91 Å². The molecule has 2 amide bonds. The molecule has 1 aliphatic carbocycles. The summed E-state index contributed by atoms with van der Waals surface area (Å²) in [5.74, 6) is -1.10. The number of carbonyl (C=O) groups is 3. The number of benzene rings is 2. The molecule has 2 aromatic carbocycles. The Labute approximate surface area is 207 Å². The number of fused-ring (bicyclic) bond motifs is 3. The van der Waals surface area contributed by atoms with Crippen molar-refractivity contribution in [2.75, 3.05) is 13.2 Å². The number of hydrogen-bond acceptors (Lipinski definition) is 4. The number of rotatable bonds is 11. The van der Waals surface area contributed by atoms with Crippen LogP contribution in [0.4, 0.5) is 4.79 Å². The van der Waals surface area contributed by atoms with Crippen LogP contribution in [0, 0.1) is 5.41 Å². The van der Waals surface area contributed by atoms with Gasteiger partial charge in [-0.3, -0.25) is 9.59 Å². The fourth-order valence-electron chi connectivity index (χ4n) is 4.59. The van der Waals surface area contributed by atoms with Gasteiger partial charge in [-0.05, 0) is 54.4 Å². The van der Waals surface area contributed by atoms with Crippen molar-refractivity contribution in [1.29, 1.82) is 0 Å². The molecule has 188 valence electrons. The summed E-state index contributed by atoms with van der Waals surface area (Å²) in [7, 11) is 0. The van der Waals surface area contributed by atoms with Crippen LogP contribution in [-0.4, -0.2) is 41.8 Å². The maximum absolute atomic E-state index is 12.4. The van der Waals surface area contributed by atoms with E-state index < -0.39 is 17.6 Å². The van der Waals surface area contributed by atoms with Crippen LogP contribution in [-0.2, 0) is 14.3 Å². The zero-order chi connectivity index (χ0) is 25.6. The summed E-state index contributed by atoms with van der Waals surface area (Å²) in [6.07, 6.45) is 1.01. The van der Waals surface area contributed by atoms with Gasteiger partial charge in [-0.1, -0.05) is 62.4 Å². The van der Waals surface area contributed by atoms with E-state index in [1.54, 1.807) is 13.8 Å². The Balaban J connectivity index is 1.42. The molecule has 3 rings (SSSR count). The standard InChI is InChI=1S/C28H36N2O5/c1-27(2,14-13-24(31)30-28(3,4)17-25(32)33)15-16-29-26(34)35-18-23-21-11-7-5-9-19(21)20-10-6-8-12-22(20)23/h5-12,23H,13-18H2,1-4H3,(H,29,34)(H,30,31)(H,32,33). The predicted molar refractivity (Wildman–Crippen MR) is 135 cm³/mol. The molecule has 0 unspecified atom stereocenters. The highest BCUT2D eigenvalue weighted by Gasteiger charge is 2.29. The van der Waals surface area contributed by atoms with E-state index in [2.05, 4.69) is 34.9 Å². The van der Waals surface area contributed by atoms with Gasteiger partial charge >= 0.3 is 12.1 Å². The second-order valence-corrected chi connectivity index (χ2v) is 10.7. The third kappa shape index (κ3) is 7.31. The molecule has 0 saturated carbocycles. The van der Waals surface area contributed by atoms with Crippen LogP contribution in [0.15, 0.2) is 48.5 Å². The average molecular weight is 481 g/mol. The quantitative estimate of drug-likeness (QED) is 0.415. The smallest absolute Gasteiger partial charge is 0.407 e. The van der Waals surface area contributed by atoms with Gasteiger partial charge in [0.15, 0.2) is 0 Å². The van der Waals surface area contributed by atoms with Gasteiger partial charge in [0.05, 0.1) is 6.42 Å². The molecule has 3 N–H and O–H groups in total. The molecule has 0 heterocycles. The zero-order valence-electron chi connectivity index (χ0n) is 21.0. The lowest BCUT2D eigenvalue weighted by molar-refractivity contribution is -0.138. The number of aliphatic carboxylic acids is 1. The number of carbonyl (C=O) groups excluding carboxylic acids is 2. The van der Waals surface area contributed by atoms with Crippen molar-refractivity contribution in [2.24, 2.45) is 5.41 Å². The van der Waals surface area contributed by atoms with E-state index in [0.29, 0.717) is 25.8 Å². The molecule has 2 aromatic rings. The van der Waals surface area contributed by atoms with Crippen LogP contribution < -0.4 is 10.6 Å². The van der Waals surface area contributed by atoms with Crippen LogP contribution in [0.1, 0.15) is 70.4 Å². The number of nitrogens with one attached hydrogen (secondary N) is 2. The second-order valence-electron chi connectivity index (χ2n) is 10.7. The van der Waals surface area contributed by atoms with Gasteiger partial charge in [0.1, 0.15) is 6.61 Å². The first kappa shape index (κ1) is 26.3. The van der Waals surface area contributed by atoms with Gasteiger partial charge < -0.3 is 20.5 Å². The molecule has 0 bridgehead atoms. The highest BCUT2D eigenvalue weighted by atomic mass is 16.5. The van der Waals surface area contributed by atoms with E-state index in [1.165, 1.54) is 22.3 Å². The minimum Gasteiger partial charge on any atom is -0.481 e. The molecule has 7 heteroatoms. The van der Waals surface area contributed by atoms with Crippen molar-refractivity contribution in [3.8, 4) is 11.1 Å². The normalized spacial score (nSPS) is 13.0. The Bertz CT molecular complexity index is 1030. The highest BCUT2D eigenvalue weighted by molar-refractivity contribution is 5.79. The molecule has 0 aromatic heterocycles. The van der Waals surface area contributed by atoms with Gasteiger partial charge in [0.25, 0.3) is 0 Å². The molecule has 0 atom stereocenters. The Morgan fingerprint density at radius 3 is 2.06 bits per heavy atom. The van der Waals surface area contributed by atoms with Crippen LogP contribution in [0.25, 0.3) is 11.1 Å². The summed E-state index contributed by atoms with van der Waals surface area (Å²) < 4.78 is 5.58. The lowest BCUT2D eigenvalue weighted by atomic mass is 9.84. The Morgan fingerprint density at radius 2 is 1.49 bits per heavy atom. The molecule has 0 radical (unpaired) electrons. The van der Waals surface area contributed by atoms with E-state index in [4.69, 9.17) is 9.84 Å². The maximum atomic E-state index is 12.4. The Kier molecular flexibility index (Phi) is 8.20. The number of carboxylic acids is 1. The first-order valence-corrected chi connectivity index (χ1v) is 12.1. The van der Waals surface area contributed by atoms with Crippen molar-refractivity contribution < 1.29 is 24.2 Å². The number of amides is 2. The molecular formula is C28H36N2O5. The van der Waals surface area contributed by atoms with Crippen molar-refractivity contribution in [3.63, 3.8) is 0 Å². The monoisotopic (exact) mass is 480 g/mol. The van der Waals surface area contributed by atoms with Crippen molar-refractivity contribution in [1.82, 2.24) is 10.6 Å². The molecule has 7 nitrogen and oxygen atoms in total. The third-order valence-electron chi connectivity index (χ3n) is 6.51. The summed E-state index contributed by atoms with van der Waals surface area (Å²) >= 11 is 0. The minimum atomic E-state index is -0.949. The summed E-state index contributed by atoms with van der Waals surface area (Å²) in [5, 5.41) is 14.6. The minimum absolute atomic E-state index is 0.0217. The molecule has 0 aliphatic heterocycles. The SMILES string of the molecule is CC(C)(CCNC(=O)OCC1c2ccccc2-c2ccccc21)CCC(=O)NC(C)(C)CC(=O)O. The second kappa shape index (κ2) is 10.9. The molecule has 0 fully saturated rings. The average Bonchev–Trinajstić information content (AvgIpc) is 3.09. The van der Waals surface area contributed by atoms with Gasteiger partial charge in [-0.25, -0.2) is 4.79 Å². The molecular weight excluding hydrogens is 444 g/mol. The fraction of sp³-hybridized carbons (Fsp3) is 0.464. The molecule has 0 saturated heterocycles. The number of alkyl carbamates (subject to hydrolysis) is 1. The number of hydrogen-bond donors (Lipinski definition) is 3. The van der Waals surface area contributed by atoms with Crippen LogP contribution in [0.2, 0.25) is 0 Å². The van der Waals surface area contributed by atoms with Crippen LogP contribution in [0.5, 0.6) is 0 Å². The summed E-state index contributed by atoms with van der Waals surface area (Å²) in [5.41, 5.74) is 3.76. The highest BCUT2D eigenvalue weighted by Crippen LogP contribution is 2.44. The van der Waals surface area contributed by atoms with E-state index in [0.717, 1.165) is 0 Å². The van der Waals surface area contributed by atoms with Gasteiger partial charge in [-0.2, -0.15) is 0 Å². The summed E-state index contributed by atoms with van der Waals surface area (Å²) in [4.78, 5) is 35.6. The summed E-state index contributed by atoms with van der Waals surface area (Å²) in [6.45, 7) is 8.19. The van der Waals surface area contributed by atoms with E-state index >= 15 is 0 Å². The lowest BCUT2D eigenvalue weighted by Gasteiger charge is -2.27. The first-order chi connectivity index (χ1) is 16.5. The fourth-order valence-corrected chi connectivity index (χ4v) is 4.59. The number of ether oxygens (including phenoxy) is 1. The van der Waals surface area contributed by atoms with Gasteiger partial charge in [0, 0.05) is 24.4 Å². The Morgan fingerprint density at radius 1 is 0.914 bits per heavy atom. The van der Waals surface area contributed by atoms with Crippen LogP contribution >= 0.6 is 0 Å². The van der Waals surface area contributed by atoms with Crippen molar-refractivity contribution in [2.45, 2.75) is 64.8 Å². The van der Waals surface area contributed by atoms with Crippen LogP contribution in [0.3, 0.4) is 0 Å². The molecule has 1 aliphatic rings.